The molecule has 0 fully saturated rings. The van der Waals surface area contributed by atoms with Crippen LogP contribution < -0.4 is 10.9 Å². The Bertz CT molecular complexity index is 1510. The highest BCUT2D eigenvalue weighted by molar-refractivity contribution is 7.22. The van der Waals surface area contributed by atoms with Crippen molar-refractivity contribution in [3.63, 3.8) is 0 Å². The van der Waals surface area contributed by atoms with Gasteiger partial charge < -0.3 is 9.84 Å². The van der Waals surface area contributed by atoms with E-state index in [9.17, 15) is 9.59 Å². The SMILES string of the molecule is Cc1c(-c2nc(-c3ccncc3)no2)sc2ncn(CC(=O)NCCc3ccccc3)c(=O)c12. The molecule has 0 aliphatic carbocycles. The van der Waals surface area contributed by atoms with E-state index in [1.54, 1.807) is 24.5 Å². The summed E-state index contributed by atoms with van der Waals surface area (Å²) in [6, 6.07) is 13.5. The van der Waals surface area contributed by atoms with E-state index in [0.29, 0.717) is 38.9 Å². The molecule has 0 unspecified atom stereocenters. The Morgan fingerprint density at radius 2 is 1.94 bits per heavy atom. The fourth-order valence-electron chi connectivity index (χ4n) is 3.61. The molecule has 0 bridgehead atoms. The Labute approximate surface area is 198 Å². The number of aromatic nitrogens is 5. The topological polar surface area (TPSA) is 116 Å². The zero-order valence-corrected chi connectivity index (χ0v) is 19.1. The molecule has 1 amide bonds. The highest BCUT2D eigenvalue weighted by Gasteiger charge is 2.21. The van der Waals surface area contributed by atoms with Crippen molar-refractivity contribution in [2.24, 2.45) is 0 Å². The number of carbonyl (C=O) groups excluding carboxylic acids is 1. The van der Waals surface area contributed by atoms with Crippen molar-refractivity contribution in [1.29, 1.82) is 0 Å². The second-order valence-electron chi connectivity index (χ2n) is 7.66. The van der Waals surface area contributed by atoms with Crippen LogP contribution in [0.2, 0.25) is 0 Å². The fraction of sp³-hybridized carbons (Fsp3) is 0.167. The number of hydrogen-bond donors (Lipinski definition) is 1. The molecule has 5 aromatic rings. The highest BCUT2D eigenvalue weighted by Crippen LogP contribution is 2.35. The van der Waals surface area contributed by atoms with Gasteiger partial charge in [0, 0.05) is 24.5 Å². The molecule has 1 N–H and O–H groups in total. The van der Waals surface area contributed by atoms with Gasteiger partial charge in [0.2, 0.25) is 11.7 Å². The van der Waals surface area contributed by atoms with Gasteiger partial charge in [0.15, 0.2) is 0 Å². The predicted octanol–water partition coefficient (Wildman–Crippen LogP) is 3.24. The number of fused-ring (bicyclic) bond motifs is 1. The second kappa shape index (κ2) is 9.36. The first-order valence-electron chi connectivity index (χ1n) is 10.6. The van der Waals surface area contributed by atoms with Gasteiger partial charge in [0.25, 0.3) is 11.4 Å². The standard InChI is InChI=1S/C24H20N6O3S/c1-15-19-23(34-20(15)22-28-21(29-33-22)17-8-10-25-11-9-17)27-14-30(24(19)32)13-18(31)26-12-7-16-5-3-2-4-6-16/h2-6,8-11,14H,7,12-13H2,1H3,(H,26,31). The van der Waals surface area contributed by atoms with Gasteiger partial charge in [-0.25, -0.2) is 4.98 Å². The van der Waals surface area contributed by atoms with Gasteiger partial charge in [-0.05, 0) is 36.6 Å². The van der Waals surface area contributed by atoms with Crippen LogP contribution in [0.1, 0.15) is 11.1 Å². The van der Waals surface area contributed by atoms with E-state index in [-0.39, 0.29) is 18.0 Å². The summed E-state index contributed by atoms with van der Waals surface area (Å²) in [5, 5.41) is 7.34. The molecular weight excluding hydrogens is 452 g/mol. The van der Waals surface area contributed by atoms with E-state index in [2.05, 4.69) is 25.4 Å². The van der Waals surface area contributed by atoms with E-state index in [4.69, 9.17) is 4.52 Å². The number of pyridine rings is 1. The summed E-state index contributed by atoms with van der Waals surface area (Å²) in [4.78, 5) is 39.6. The summed E-state index contributed by atoms with van der Waals surface area (Å²) in [5.74, 6) is 0.509. The van der Waals surface area contributed by atoms with Gasteiger partial charge >= 0.3 is 0 Å². The summed E-state index contributed by atoms with van der Waals surface area (Å²) >= 11 is 1.31. The molecule has 34 heavy (non-hydrogen) atoms. The largest absolute Gasteiger partial charge is 0.354 e. The lowest BCUT2D eigenvalue weighted by Gasteiger charge is -2.07. The first kappa shape index (κ1) is 21.7. The molecule has 0 aliphatic heterocycles. The average Bonchev–Trinajstić information content (AvgIpc) is 3.47. The maximum atomic E-state index is 13.1. The Kier molecular flexibility index (Phi) is 5.96. The van der Waals surface area contributed by atoms with Crippen LogP contribution >= 0.6 is 11.3 Å². The van der Waals surface area contributed by atoms with Crippen molar-refractivity contribution in [2.45, 2.75) is 19.9 Å². The Hall–Kier alpha value is -4.18. The number of benzene rings is 1. The number of thiophene rings is 1. The number of hydrogen-bond acceptors (Lipinski definition) is 8. The monoisotopic (exact) mass is 472 g/mol. The average molecular weight is 473 g/mol. The molecular formula is C24H20N6O3S. The number of nitrogens with one attached hydrogen (secondary N) is 1. The molecule has 4 heterocycles. The molecule has 1 aromatic carbocycles. The van der Waals surface area contributed by atoms with Crippen LogP contribution in [0, 0.1) is 6.92 Å². The molecule has 170 valence electrons. The zero-order chi connectivity index (χ0) is 23.5. The first-order valence-corrected chi connectivity index (χ1v) is 11.5. The fourth-order valence-corrected chi connectivity index (χ4v) is 4.67. The zero-order valence-electron chi connectivity index (χ0n) is 18.3. The maximum Gasteiger partial charge on any atom is 0.268 e. The number of amides is 1. The molecule has 0 radical (unpaired) electrons. The van der Waals surface area contributed by atoms with E-state index in [1.807, 2.05) is 37.3 Å². The summed E-state index contributed by atoms with van der Waals surface area (Å²) in [6.45, 7) is 2.21. The Morgan fingerprint density at radius 1 is 1.15 bits per heavy atom. The number of nitrogens with zero attached hydrogens (tertiary/aromatic N) is 5. The lowest BCUT2D eigenvalue weighted by atomic mass is 10.1. The van der Waals surface area contributed by atoms with E-state index in [0.717, 1.165) is 17.5 Å². The van der Waals surface area contributed by atoms with Crippen molar-refractivity contribution in [2.75, 3.05) is 6.54 Å². The Balaban J connectivity index is 1.34. The van der Waals surface area contributed by atoms with Gasteiger partial charge in [-0.1, -0.05) is 35.5 Å². The molecule has 0 spiro atoms. The molecule has 0 atom stereocenters. The summed E-state index contributed by atoms with van der Waals surface area (Å²) in [6.07, 6.45) is 5.43. The van der Waals surface area contributed by atoms with Crippen LogP contribution in [-0.2, 0) is 17.8 Å². The van der Waals surface area contributed by atoms with Crippen molar-refractivity contribution >= 4 is 27.5 Å². The van der Waals surface area contributed by atoms with Crippen LogP contribution in [-0.4, -0.2) is 37.1 Å². The van der Waals surface area contributed by atoms with Gasteiger partial charge in [0.1, 0.15) is 11.4 Å². The first-order chi connectivity index (χ1) is 16.6. The molecule has 10 heteroatoms. The van der Waals surface area contributed by atoms with Crippen LogP contribution in [0.15, 0.2) is 70.5 Å². The lowest BCUT2D eigenvalue weighted by molar-refractivity contribution is -0.121. The number of rotatable bonds is 7. The summed E-state index contributed by atoms with van der Waals surface area (Å²) in [7, 11) is 0. The third-order valence-electron chi connectivity index (χ3n) is 5.37. The molecule has 0 aliphatic rings. The van der Waals surface area contributed by atoms with E-state index < -0.39 is 0 Å². The number of aryl methyl sites for hydroxylation is 1. The predicted molar refractivity (Wildman–Crippen MR) is 128 cm³/mol. The molecule has 0 saturated heterocycles. The van der Waals surface area contributed by atoms with Gasteiger partial charge in [-0.2, -0.15) is 4.98 Å². The molecule has 4 aromatic heterocycles. The van der Waals surface area contributed by atoms with Gasteiger partial charge in [-0.3, -0.25) is 19.1 Å². The number of carbonyl (C=O) groups is 1. The second-order valence-corrected chi connectivity index (χ2v) is 8.66. The van der Waals surface area contributed by atoms with Gasteiger partial charge in [-0.15, -0.1) is 11.3 Å². The molecule has 5 rings (SSSR count). The van der Waals surface area contributed by atoms with Crippen LogP contribution in [0.3, 0.4) is 0 Å². The minimum Gasteiger partial charge on any atom is -0.354 e. The van der Waals surface area contributed by atoms with Crippen molar-refractivity contribution < 1.29 is 9.32 Å². The maximum absolute atomic E-state index is 13.1. The highest BCUT2D eigenvalue weighted by atomic mass is 32.1. The molecule has 9 nitrogen and oxygen atoms in total. The third kappa shape index (κ3) is 4.35. The lowest BCUT2D eigenvalue weighted by Crippen LogP contribution is -2.33. The van der Waals surface area contributed by atoms with E-state index >= 15 is 0 Å². The smallest absolute Gasteiger partial charge is 0.268 e. The Morgan fingerprint density at radius 3 is 2.74 bits per heavy atom. The normalized spacial score (nSPS) is 11.1. The third-order valence-corrected chi connectivity index (χ3v) is 6.56. The van der Waals surface area contributed by atoms with Crippen molar-refractivity contribution in [1.82, 2.24) is 30.0 Å². The van der Waals surface area contributed by atoms with E-state index in [1.165, 1.54) is 22.2 Å². The quantitative estimate of drug-likeness (QED) is 0.387. The van der Waals surface area contributed by atoms with Crippen LogP contribution in [0.5, 0.6) is 0 Å². The molecule has 0 saturated carbocycles. The van der Waals surface area contributed by atoms with Crippen molar-refractivity contribution in [3.8, 4) is 22.2 Å². The minimum atomic E-state index is -0.280. The van der Waals surface area contributed by atoms with Crippen LogP contribution in [0.4, 0.5) is 0 Å². The van der Waals surface area contributed by atoms with Crippen LogP contribution in [0.25, 0.3) is 32.4 Å². The van der Waals surface area contributed by atoms with Crippen molar-refractivity contribution in [3.05, 3.63) is 82.7 Å². The van der Waals surface area contributed by atoms with Gasteiger partial charge in [0.05, 0.1) is 16.6 Å². The minimum absolute atomic E-state index is 0.103. The summed E-state index contributed by atoms with van der Waals surface area (Å²) < 4.78 is 6.78. The summed E-state index contributed by atoms with van der Waals surface area (Å²) in [5.41, 5.74) is 2.33.